The zero-order chi connectivity index (χ0) is 14.1. The van der Waals surface area contributed by atoms with Crippen LogP contribution in [0, 0.1) is 0 Å². The minimum Gasteiger partial charge on any atom is -0.482 e. The van der Waals surface area contributed by atoms with Crippen LogP contribution in [0.25, 0.3) is 0 Å². The van der Waals surface area contributed by atoms with Crippen molar-refractivity contribution in [1.29, 1.82) is 0 Å². The van der Waals surface area contributed by atoms with Crippen molar-refractivity contribution in [3.63, 3.8) is 0 Å². The SMILES string of the molecule is O=C1COc2ccc(C(=O)N3CCCC3CO)cc2N1. The molecule has 20 heavy (non-hydrogen) atoms. The van der Waals surface area contributed by atoms with Gasteiger partial charge in [0, 0.05) is 12.1 Å². The van der Waals surface area contributed by atoms with E-state index in [-0.39, 0.29) is 31.1 Å². The number of aliphatic hydroxyl groups excluding tert-OH is 1. The van der Waals surface area contributed by atoms with Gasteiger partial charge in [0.15, 0.2) is 6.61 Å². The fraction of sp³-hybridized carbons (Fsp3) is 0.429. The summed E-state index contributed by atoms with van der Waals surface area (Å²) in [6.07, 6.45) is 1.73. The van der Waals surface area contributed by atoms with Crippen LogP contribution in [-0.2, 0) is 4.79 Å². The molecule has 0 spiro atoms. The molecule has 1 unspecified atom stereocenters. The number of rotatable bonds is 2. The number of ether oxygens (including phenoxy) is 1. The van der Waals surface area contributed by atoms with Crippen LogP contribution in [0.2, 0.25) is 0 Å². The fourth-order valence-electron chi connectivity index (χ4n) is 2.67. The van der Waals surface area contributed by atoms with Crippen molar-refractivity contribution in [3.8, 4) is 5.75 Å². The van der Waals surface area contributed by atoms with Crippen LogP contribution in [0.4, 0.5) is 5.69 Å². The summed E-state index contributed by atoms with van der Waals surface area (Å²) in [6.45, 7) is 0.638. The van der Waals surface area contributed by atoms with Gasteiger partial charge >= 0.3 is 0 Å². The minimum atomic E-state index is -0.225. The van der Waals surface area contributed by atoms with Crippen molar-refractivity contribution in [1.82, 2.24) is 4.90 Å². The van der Waals surface area contributed by atoms with Gasteiger partial charge in [-0.2, -0.15) is 0 Å². The number of carbonyl (C=O) groups is 2. The molecule has 6 heteroatoms. The van der Waals surface area contributed by atoms with Crippen molar-refractivity contribution < 1.29 is 19.4 Å². The predicted molar refractivity (Wildman–Crippen MR) is 71.7 cm³/mol. The van der Waals surface area contributed by atoms with E-state index in [4.69, 9.17) is 4.74 Å². The summed E-state index contributed by atoms with van der Waals surface area (Å²) in [7, 11) is 0. The monoisotopic (exact) mass is 276 g/mol. The average Bonchev–Trinajstić information content (AvgIpc) is 2.94. The van der Waals surface area contributed by atoms with E-state index in [1.165, 1.54) is 0 Å². The molecule has 106 valence electrons. The maximum atomic E-state index is 12.4. The Morgan fingerprint density at radius 3 is 3.15 bits per heavy atom. The van der Waals surface area contributed by atoms with E-state index in [1.54, 1.807) is 23.1 Å². The van der Waals surface area contributed by atoms with Crippen molar-refractivity contribution in [3.05, 3.63) is 23.8 Å². The van der Waals surface area contributed by atoms with Gasteiger partial charge in [0.25, 0.3) is 11.8 Å². The molecule has 2 aliphatic heterocycles. The first-order chi connectivity index (χ1) is 9.69. The molecule has 0 radical (unpaired) electrons. The highest BCUT2D eigenvalue weighted by molar-refractivity contribution is 6.00. The average molecular weight is 276 g/mol. The summed E-state index contributed by atoms with van der Waals surface area (Å²) in [5.74, 6) is 0.224. The Labute approximate surface area is 116 Å². The van der Waals surface area contributed by atoms with Crippen LogP contribution in [-0.4, -0.2) is 47.6 Å². The highest BCUT2D eigenvalue weighted by atomic mass is 16.5. The van der Waals surface area contributed by atoms with Crippen molar-refractivity contribution in [2.24, 2.45) is 0 Å². The second kappa shape index (κ2) is 5.13. The molecule has 0 bridgehead atoms. The first kappa shape index (κ1) is 12.9. The van der Waals surface area contributed by atoms with Gasteiger partial charge in [-0.15, -0.1) is 0 Å². The van der Waals surface area contributed by atoms with E-state index in [0.29, 0.717) is 23.5 Å². The van der Waals surface area contributed by atoms with Crippen LogP contribution in [0.1, 0.15) is 23.2 Å². The van der Waals surface area contributed by atoms with Gasteiger partial charge in [0.2, 0.25) is 0 Å². The van der Waals surface area contributed by atoms with Gasteiger partial charge in [-0.1, -0.05) is 0 Å². The highest BCUT2D eigenvalue weighted by Crippen LogP contribution is 2.29. The van der Waals surface area contributed by atoms with Crippen molar-refractivity contribution >= 4 is 17.5 Å². The maximum Gasteiger partial charge on any atom is 0.262 e. The molecule has 1 fully saturated rings. The van der Waals surface area contributed by atoms with Gasteiger partial charge < -0.3 is 20.1 Å². The van der Waals surface area contributed by atoms with Crippen LogP contribution < -0.4 is 10.1 Å². The molecular weight excluding hydrogens is 260 g/mol. The third kappa shape index (κ3) is 2.22. The number of hydrogen-bond donors (Lipinski definition) is 2. The number of amides is 2. The molecule has 1 aromatic rings. The Hall–Kier alpha value is -2.08. The topological polar surface area (TPSA) is 78.9 Å². The first-order valence-corrected chi connectivity index (χ1v) is 6.67. The third-order valence-corrected chi connectivity index (χ3v) is 3.71. The molecule has 2 amide bonds. The highest BCUT2D eigenvalue weighted by Gasteiger charge is 2.29. The molecule has 1 aromatic carbocycles. The molecule has 1 atom stereocenters. The fourth-order valence-corrected chi connectivity index (χ4v) is 2.67. The second-order valence-corrected chi connectivity index (χ2v) is 5.02. The molecule has 1 saturated heterocycles. The summed E-state index contributed by atoms with van der Waals surface area (Å²) in [6, 6.07) is 4.89. The predicted octanol–water partition coefficient (Wildman–Crippen LogP) is 0.614. The number of anilines is 1. The number of nitrogens with one attached hydrogen (secondary N) is 1. The minimum absolute atomic E-state index is 0.000988. The standard InChI is InChI=1S/C14H16N2O4/c17-7-10-2-1-5-16(10)14(19)9-3-4-12-11(6-9)15-13(18)8-20-12/h3-4,6,10,17H,1-2,5,7-8H2,(H,15,18). The number of carbonyl (C=O) groups excluding carboxylic acids is 2. The first-order valence-electron chi connectivity index (χ1n) is 6.67. The van der Waals surface area contributed by atoms with Crippen LogP contribution in [0.3, 0.4) is 0 Å². The molecule has 6 nitrogen and oxygen atoms in total. The molecule has 2 N–H and O–H groups in total. The zero-order valence-corrected chi connectivity index (χ0v) is 11.0. The summed E-state index contributed by atoms with van der Waals surface area (Å²) >= 11 is 0. The molecule has 2 heterocycles. The van der Waals surface area contributed by atoms with E-state index in [0.717, 1.165) is 12.8 Å². The maximum absolute atomic E-state index is 12.4. The number of benzene rings is 1. The van der Waals surface area contributed by atoms with Gasteiger partial charge in [0.1, 0.15) is 5.75 Å². The second-order valence-electron chi connectivity index (χ2n) is 5.02. The van der Waals surface area contributed by atoms with Gasteiger partial charge in [0.05, 0.1) is 18.3 Å². The molecule has 0 saturated carbocycles. The molecule has 0 aliphatic carbocycles. The summed E-state index contributed by atoms with van der Waals surface area (Å²) in [5.41, 5.74) is 1.02. The van der Waals surface area contributed by atoms with Gasteiger partial charge in [-0.05, 0) is 31.0 Å². The smallest absolute Gasteiger partial charge is 0.262 e. The van der Waals surface area contributed by atoms with Crippen molar-refractivity contribution in [2.45, 2.75) is 18.9 Å². The Morgan fingerprint density at radius 1 is 1.50 bits per heavy atom. The number of aliphatic hydroxyl groups is 1. The lowest BCUT2D eigenvalue weighted by atomic mass is 10.1. The third-order valence-electron chi connectivity index (χ3n) is 3.71. The van der Waals surface area contributed by atoms with E-state index in [2.05, 4.69) is 5.32 Å². The Balaban J connectivity index is 1.85. The molecular formula is C14H16N2O4. The normalized spacial score (nSPS) is 21.1. The Morgan fingerprint density at radius 2 is 2.35 bits per heavy atom. The number of likely N-dealkylation sites (tertiary alicyclic amines) is 1. The number of hydrogen-bond acceptors (Lipinski definition) is 4. The number of fused-ring (bicyclic) bond motifs is 1. The lowest BCUT2D eigenvalue weighted by Crippen LogP contribution is -2.37. The van der Waals surface area contributed by atoms with Crippen LogP contribution >= 0.6 is 0 Å². The van der Waals surface area contributed by atoms with E-state index < -0.39 is 0 Å². The summed E-state index contributed by atoms with van der Waals surface area (Å²) in [4.78, 5) is 25.4. The molecule has 3 rings (SSSR count). The van der Waals surface area contributed by atoms with E-state index in [1.807, 2.05) is 0 Å². The van der Waals surface area contributed by atoms with Gasteiger partial charge in [-0.25, -0.2) is 0 Å². The van der Waals surface area contributed by atoms with Gasteiger partial charge in [-0.3, -0.25) is 9.59 Å². The quantitative estimate of drug-likeness (QED) is 0.829. The van der Waals surface area contributed by atoms with Crippen LogP contribution in [0.15, 0.2) is 18.2 Å². The molecule has 2 aliphatic rings. The summed E-state index contributed by atoms with van der Waals surface area (Å²) in [5, 5.41) is 12.0. The number of nitrogens with zero attached hydrogens (tertiary/aromatic N) is 1. The van der Waals surface area contributed by atoms with Crippen molar-refractivity contribution in [2.75, 3.05) is 25.1 Å². The zero-order valence-electron chi connectivity index (χ0n) is 11.0. The lowest BCUT2D eigenvalue weighted by Gasteiger charge is -2.24. The lowest BCUT2D eigenvalue weighted by molar-refractivity contribution is -0.118. The van der Waals surface area contributed by atoms with E-state index in [9.17, 15) is 14.7 Å². The van der Waals surface area contributed by atoms with Crippen LogP contribution in [0.5, 0.6) is 5.75 Å². The largest absolute Gasteiger partial charge is 0.482 e. The Kier molecular flexibility index (Phi) is 3.31. The summed E-state index contributed by atoms with van der Waals surface area (Å²) < 4.78 is 5.26. The molecule has 0 aromatic heterocycles. The van der Waals surface area contributed by atoms with E-state index >= 15 is 0 Å². The Bertz CT molecular complexity index is 558.